The molecule has 22 nitrogen and oxygen atoms in total. The summed E-state index contributed by atoms with van der Waals surface area (Å²) in [6.07, 6.45) is 4.78. The van der Waals surface area contributed by atoms with Crippen LogP contribution in [0, 0.1) is 0 Å². The van der Waals surface area contributed by atoms with Crippen LogP contribution in [0.4, 0.5) is 11.4 Å². The molecular weight excluding hydrogens is 1460 g/mol. The van der Waals surface area contributed by atoms with Crippen LogP contribution in [0.5, 0.6) is 11.5 Å². The van der Waals surface area contributed by atoms with Crippen molar-refractivity contribution in [3.63, 3.8) is 0 Å². The first kappa shape index (κ1) is 84.4. The van der Waals surface area contributed by atoms with Gasteiger partial charge in [0.1, 0.15) is 11.5 Å². The fourth-order valence-corrected chi connectivity index (χ4v) is 14.6. The standard InChI is InChI=1S/C94H100N10O12/c1-115-79-51-43-75(44-52-79)93(71-29-13-5-14-30-71,72-31-15-6-16-32-72)97-57-23-21-37-81(91(113)99-77-47-39-69(65-105)40-48-77)101-83(61-67-25-9-3-10-26-67)89(111)95-63-87(109)104(60-59-103-85(107)55-56-86(103)108)88(110)64-96-90(112)84(62-68-27-11-4-12-28-68)102-82(92(114)100-78-49-41-70(66-106)42-50-78)38-22-24-58-98-94(73-33-17-7-18-34-73,74-35-19-8-20-36-74)76-45-53-80(116-2)54-46-76/h3-20,25-36,39-56,81-84,97-98,101-102,105-106H,21-24,37-38,57-66H2,1-2H3,(H,95,111)(H,96,112)(H,99,113)(H,100,114)/t81-,82-,83-,84-/m0/s1. The second kappa shape index (κ2) is 42.5. The molecule has 0 bridgehead atoms. The van der Waals surface area contributed by atoms with E-state index in [9.17, 15) is 39.0 Å². The zero-order chi connectivity index (χ0) is 81.5. The number of aliphatic hydroxyl groups is 2. The Morgan fingerprint density at radius 2 is 0.698 bits per heavy atom. The van der Waals surface area contributed by atoms with E-state index in [1.165, 1.54) is 0 Å². The summed E-state index contributed by atoms with van der Waals surface area (Å²) in [5, 5.41) is 45.7. The predicted molar refractivity (Wildman–Crippen MR) is 448 cm³/mol. The summed E-state index contributed by atoms with van der Waals surface area (Å²) < 4.78 is 11.1. The Kier molecular flexibility index (Phi) is 30.9. The zero-order valence-corrected chi connectivity index (χ0v) is 65.2. The molecule has 10 aromatic carbocycles. The maximum atomic E-state index is 15.0. The Morgan fingerprint density at radius 3 is 1.02 bits per heavy atom. The highest BCUT2D eigenvalue weighted by molar-refractivity contribution is 6.13. The van der Waals surface area contributed by atoms with Crippen LogP contribution in [0.1, 0.15) is 94.2 Å². The van der Waals surface area contributed by atoms with E-state index < -0.39 is 109 Å². The number of benzene rings is 10. The molecule has 8 amide bonds. The summed E-state index contributed by atoms with van der Waals surface area (Å²) in [6, 6.07) is 83.8. The van der Waals surface area contributed by atoms with Gasteiger partial charge in [0.05, 0.1) is 75.8 Å². The number of hydrogen-bond donors (Lipinski definition) is 10. The van der Waals surface area contributed by atoms with Crippen molar-refractivity contribution < 1.29 is 58.0 Å². The van der Waals surface area contributed by atoms with Gasteiger partial charge >= 0.3 is 0 Å². The number of nitrogens with one attached hydrogen (secondary N) is 8. The van der Waals surface area contributed by atoms with Gasteiger partial charge in [-0.15, -0.1) is 0 Å². The van der Waals surface area contributed by atoms with E-state index >= 15 is 9.59 Å². The minimum atomic E-state index is -1.17. The highest BCUT2D eigenvalue weighted by Crippen LogP contribution is 2.40. The third-order valence-electron chi connectivity index (χ3n) is 20.8. The molecule has 0 spiro atoms. The van der Waals surface area contributed by atoms with Gasteiger partial charge in [0.25, 0.3) is 11.8 Å². The third kappa shape index (κ3) is 22.5. The van der Waals surface area contributed by atoms with Crippen LogP contribution >= 0.6 is 0 Å². The van der Waals surface area contributed by atoms with Crippen molar-refractivity contribution in [3.05, 3.63) is 347 Å². The Bertz CT molecular complexity index is 4480. The van der Waals surface area contributed by atoms with Gasteiger partial charge in [-0.2, -0.15) is 0 Å². The Balaban J connectivity index is 0.813. The molecule has 0 saturated heterocycles. The average Bonchev–Trinajstić information content (AvgIpc) is 1.24. The van der Waals surface area contributed by atoms with E-state index in [2.05, 4.69) is 91.1 Å². The molecule has 11 rings (SSSR count). The molecule has 4 atom stereocenters. The van der Waals surface area contributed by atoms with Crippen molar-refractivity contribution in [2.24, 2.45) is 0 Å². The smallest absolute Gasteiger partial charge is 0.253 e. The summed E-state index contributed by atoms with van der Waals surface area (Å²) >= 11 is 0. The van der Waals surface area contributed by atoms with Crippen LogP contribution in [-0.4, -0.2) is 145 Å². The largest absolute Gasteiger partial charge is 0.497 e. The van der Waals surface area contributed by atoms with E-state index in [4.69, 9.17) is 9.47 Å². The lowest BCUT2D eigenvalue weighted by atomic mass is 9.77. The van der Waals surface area contributed by atoms with Crippen molar-refractivity contribution in [2.75, 3.05) is 64.1 Å². The molecule has 0 fully saturated rings. The first-order valence-electron chi connectivity index (χ1n) is 39.2. The topological polar surface area (TPSA) is 298 Å². The average molecular weight is 1560 g/mol. The molecule has 22 heteroatoms. The van der Waals surface area contributed by atoms with Gasteiger partial charge in [-0.25, -0.2) is 0 Å². The van der Waals surface area contributed by atoms with E-state index in [0.29, 0.717) is 72.8 Å². The Morgan fingerprint density at radius 1 is 0.379 bits per heavy atom. The number of aliphatic hydroxyl groups excluding tert-OH is 2. The van der Waals surface area contributed by atoms with Crippen molar-refractivity contribution in [3.8, 4) is 11.5 Å². The maximum Gasteiger partial charge on any atom is 0.253 e. The summed E-state index contributed by atoms with van der Waals surface area (Å²) in [4.78, 5) is 117. The van der Waals surface area contributed by atoms with E-state index in [1.54, 1.807) is 62.8 Å². The number of hydrogen-bond acceptors (Lipinski definition) is 16. The third-order valence-corrected chi connectivity index (χ3v) is 20.8. The lowest BCUT2D eigenvalue weighted by Gasteiger charge is -2.37. The monoisotopic (exact) mass is 1560 g/mol. The van der Waals surface area contributed by atoms with Gasteiger partial charge in [-0.3, -0.25) is 69.4 Å². The molecule has 0 aliphatic carbocycles. The second-order valence-electron chi connectivity index (χ2n) is 28.4. The van der Waals surface area contributed by atoms with Gasteiger partial charge in [0.2, 0.25) is 35.4 Å². The lowest BCUT2D eigenvalue weighted by molar-refractivity contribution is -0.147. The zero-order valence-electron chi connectivity index (χ0n) is 65.2. The van der Waals surface area contributed by atoms with Crippen molar-refractivity contribution in [1.29, 1.82) is 0 Å². The molecular formula is C94H100N10O12. The summed E-state index contributed by atoms with van der Waals surface area (Å²) in [6.45, 7) is -1.97. The van der Waals surface area contributed by atoms with Gasteiger partial charge in [-0.05, 0) is 156 Å². The molecule has 10 N–H and O–H groups in total. The number of carbonyl (C=O) groups is 8. The van der Waals surface area contributed by atoms with Gasteiger partial charge in [-0.1, -0.05) is 243 Å². The molecule has 1 aliphatic rings. The Labute approximate surface area is 677 Å². The number of ether oxygens (including phenoxy) is 2. The number of rotatable bonds is 43. The van der Waals surface area contributed by atoms with E-state index in [1.807, 2.05) is 182 Å². The molecule has 10 aromatic rings. The SMILES string of the molecule is COc1ccc(C(NCCCC[C@H](N[C@@H](Cc2ccccc2)C(=O)NCC(=O)N(CCN2C(=O)C=CC2=O)C(=O)CNC(=O)[C@H](Cc2ccccc2)N[C@@H](CCCCNC(c2ccccc2)(c2ccccc2)c2ccc(OC)cc2)C(=O)Nc2ccc(CO)cc2)C(=O)Nc2ccc(CO)cc2)(c2ccccc2)c2ccccc2)cc1. The summed E-state index contributed by atoms with van der Waals surface area (Å²) in [7, 11) is 3.25. The van der Waals surface area contributed by atoms with E-state index in [0.717, 1.165) is 66.5 Å². The first-order chi connectivity index (χ1) is 56.6. The lowest BCUT2D eigenvalue weighted by Crippen LogP contribution is -2.56. The Hall–Kier alpha value is -12.5. The fourth-order valence-electron chi connectivity index (χ4n) is 14.6. The van der Waals surface area contributed by atoms with Crippen LogP contribution < -0.4 is 52.0 Å². The molecule has 0 aromatic heterocycles. The summed E-state index contributed by atoms with van der Waals surface area (Å²) in [5.74, 6) is -4.13. The first-order valence-corrected chi connectivity index (χ1v) is 39.2. The highest BCUT2D eigenvalue weighted by atomic mass is 16.5. The summed E-state index contributed by atoms with van der Waals surface area (Å²) in [5.41, 5.74) is 7.93. The molecule has 0 saturated carbocycles. The molecule has 1 aliphatic heterocycles. The van der Waals surface area contributed by atoms with Crippen molar-refractivity contribution in [1.82, 2.24) is 41.7 Å². The van der Waals surface area contributed by atoms with Crippen LogP contribution in [0.25, 0.3) is 0 Å². The fraction of sp³-hybridized carbons (Fsp3) is 0.255. The number of amides is 8. The quantitative estimate of drug-likeness (QED) is 0.00965. The molecule has 0 radical (unpaired) electrons. The number of carbonyl (C=O) groups excluding carboxylic acids is 8. The van der Waals surface area contributed by atoms with Crippen molar-refractivity contribution in [2.45, 2.75) is 99.8 Å². The minimum Gasteiger partial charge on any atom is -0.497 e. The molecule has 1 heterocycles. The molecule has 598 valence electrons. The van der Waals surface area contributed by atoms with Crippen LogP contribution in [0.15, 0.2) is 291 Å². The van der Waals surface area contributed by atoms with Gasteiger partial charge in [0.15, 0.2) is 0 Å². The number of unbranched alkanes of at least 4 members (excludes halogenated alkanes) is 2. The van der Waals surface area contributed by atoms with Gasteiger partial charge in [0, 0.05) is 36.6 Å². The minimum absolute atomic E-state index is 0.0436. The number of methoxy groups -OCH3 is 2. The number of imide groups is 2. The number of anilines is 2. The molecule has 0 unspecified atom stereocenters. The normalized spacial score (nSPS) is 13.1. The maximum absolute atomic E-state index is 15.0. The van der Waals surface area contributed by atoms with Crippen LogP contribution in [0.3, 0.4) is 0 Å². The highest BCUT2D eigenvalue weighted by Gasteiger charge is 2.39. The van der Waals surface area contributed by atoms with Crippen molar-refractivity contribution >= 4 is 58.6 Å². The second-order valence-corrected chi connectivity index (χ2v) is 28.4. The van der Waals surface area contributed by atoms with E-state index in [-0.39, 0.29) is 38.9 Å². The van der Waals surface area contributed by atoms with Gasteiger partial charge < -0.3 is 41.0 Å². The van der Waals surface area contributed by atoms with Crippen LogP contribution in [-0.2, 0) is 75.5 Å². The van der Waals surface area contributed by atoms with Crippen LogP contribution in [0.2, 0.25) is 0 Å². The molecule has 116 heavy (non-hydrogen) atoms. The predicted octanol–water partition coefficient (Wildman–Crippen LogP) is 10.4. The number of nitrogens with zero attached hydrogens (tertiary/aromatic N) is 2.